The smallest absolute Gasteiger partial charge is 0.222 e. The van der Waals surface area contributed by atoms with Crippen LogP contribution in [0.4, 0.5) is 0 Å². The maximum atomic E-state index is 11.7. The molecule has 7 nitrogen and oxygen atoms in total. The predicted octanol–water partition coefficient (Wildman–Crippen LogP) is 2.64. The number of unbranched alkanes of at least 4 members (excludes halogenated alkanes) is 2. The lowest BCUT2D eigenvalue weighted by Gasteiger charge is -2.09. The van der Waals surface area contributed by atoms with Gasteiger partial charge in [-0.1, -0.05) is 47.0 Å². The van der Waals surface area contributed by atoms with E-state index >= 15 is 0 Å². The van der Waals surface area contributed by atoms with Crippen molar-refractivity contribution < 1.29 is 19.1 Å². The number of amides is 2. The van der Waals surface area contributed by atoms with E-state index in [1.54, 1.807) is 0 Å². The summed E-state index contributed by atoms with van der Waals surface area (Å²) in [7, 11) is 0. The van der Waals surface area contributed by atoms with E-state index in [0.717, 1.165) is 31.8 Å². The van der Waals surface area contributed by atoms with Crippen LogP contribution < -0.4 is 16.0 Å². The molecule has 0 aromatic heterocycles. The minimum atomic E-state index is 0.0427. The summed E-state index contributed by atoms with van der Waals surface area (Å²) >= 11 is 0. The van der Waals surface area contributed by atoms with E-state index < -0.39 is 0 Å². The maximum Gasteiger partial charge on any atom is 0.222 e. The first-order valence-corrected chi connectivity index (χ1v) is 11.3. The van der Waals surface area contributed by atoms with E-state index in [2.05, 4.69) is 43.6 Å². The van der Waals surface area contributed by atoms with Crippen molar-refractivity contribution in [2.75, 3.05) is 46.1 Å². The van der Waals surface area contributed by atoms with Crippen LogP contribution in [0.5, 0.6) is 0 Å². The van der Waals surface area contributed by atoms with Gasteiger partial charge in [-0.05, 0) is 25.3 Å². The summed E-state index contributed by atoms with van der Waals surface area (Å²) in [6.07, 6.45) is 6.45. The molecule has 0 spiro atoms. The second kappa shape index (κ2) is 20.1. The monoisotopic (exact) mass is 415 g/mol. The van der Waals surface area contributed by atoms with Crippen molar-refractivity contribution in [2.24, 2.45) is 5.92 Å². The Kier molecular flexibility index (Phi) is 19.3. The Hall–Kier alpha value is -1.18. The molecular weight excluding hydrogens is 370 g/mol. The van der Waals surface area contributed by atoms with Gasteiger partial charge < -0.3 is 25.4 Å². The highest BCUT2D eigenvalue weighted by Crippen LogP contribution is 2.07. The molecule has 0 aliphatic carbocycles. The van der Waals surface area contributed by atoms with Crippen molar-refractivity contribution in [3.63, 3.8) is 0 Å². The van der Waals surface area contributed by atoms with Gasteiger partial charge in [-0.2, -0.15) is 0 Å². The fourth-order valence-corrected chi connectivity index (χ4v) is 2.65. The minimum absolute atomic E-state index is 0.0427. The molecule has 7 heteroatoms. The molecule has 3 N–H and O–H groups in total. The first-order valence-electron chi connectivity index (χ1n) is 11.3. The predicted molar refractivity (Wildman–Crippen MR) is 118 cm³/mol. The summed E-state index contributed by atoms with van der Waals surface area (Å²) in [5.74, 6) is 0.856. The summed E-state index contributed by atoms with van der Waals surface area (Å²) in [5.41, 5.74) is 0. The summed E-state index contributed by atoms with van der Waals surface area (Å²) < 4.78 is 10.8. The standard InChI is InChI=1S/C22H45N3O4/c1-19(2)9-6-5-7-12-24-22(27)11-15-28-17-18-29-16-14-25-21(26)10-8-13-23-20(3)4/h19-20,23H,5-18H2,1-4H3,(H,24,27)(H,25,26). The highest BCUT2D eigenvalue weighted by molar-refractivity contribution is 5.76. The van der Waals surface area contributed by atoms with Crippen LogP contribution in [0.15, 0.2) is 0 Å². The lowest BCUT2D eigenvalue weighted by molar-refractivity contribution is -0.122. The summed E-state index contributed by atoms with van der Waals surface area (Å²) in [4.78, 5) is 23.3. The van der Waals surface area contributed by atoms with Crippen molar-refractivity contribution in [3.05, 3.63) is 0 Å². The van der Waals surface area contributed by atoms with E-state index in [1.807, 2.05) is 0 Å². The number of rotatable bonds is 20. The zero-order valence-electron chi connectivity index (χ0n) is 19.2. The molecular formula is C22H45N3O4. The molecule has 0 aliphatic heterocycles. The molecule has 0 unspecified atom stereocenters. The molecule has 172 valence electrons. The molecule has 0 aliphatic rings. The Morgan fingerprint density at radius 3 is 2.03 bits per heavy atom. The molecule has 0 radical (unpaired) electrons. The van der Waals surface area contributed by atoms with Gasteiger partial charge in [-0.3, -0.25) is 9.59 Å². The summed E-state index contributed by atoms with van der Waals surface area (Å²) in [6, 6.07) is 0.451. The van der Waals surface area contributed by atoms with Crippen LogP contribution in [-0.2, 0) is 19.1 Å². The number of nitrogens with one attached hydrogen (secondary N) is 3. The molecule has 0 aromatic carbocycles. The number of carbonyl (C=O) groups is 2. The fraction of sp³-hybridized carbons (Fsp3) is 0.909. The van der Waals surface area contributed by atoms with E-state index in [-0.39, 0.29) is 11.8 Å². The van der Waals surface area contributed by atoms with Gasteiger partial charge in [0.05, 0.1) is 26.4 Å². The fourth-order valence-electron chi connectivity index (χ4n) is 2.65. The molecule has 29 heavy (non-hydrogen) atoms. The van der Waals surface area contributed by atoms with Crippen molar-refractivity contribution >= 4 is 11.8 Å². The Morgan fingerprint density at radius 1 is 0.690 bits per heavy atom. The van der Waals surface area contributed by atoms with E-state index in [4.69, 9.17) is 9.47 Å². The van der Waals surface area contributed by atoms with Crippen molar-refractivity contribution in [2.45, 2.75) is 78.7 Å². The number of hydrogen-bond donors (Lipinski definition) is 3. The molecule has 0 aromatic rings. The molecule has 0 bridgehead atoms. The number of ether oxygens (including phenoxy) is 2. The van der Waals surface area contributed by atoms with Gasteiger partial charge >= 0.3 is 0 Å². The van der Waals surface area contributed by atoms with Gasteiger partial charge in [0.1, 0.15) is 0 Å². The zero-order valence-corrected chi connectivity index (χ0v) is 19.2. The topological polar surface area (TPSA) is 88.7 Å². The Labute approximate surface area is 178 Å². The lowest BCUT2D eigenvalue weighted by atomic mass is 10.1. The van der Waals surface area contributed by atoms with Gasteiger partial charge in [0.25, 0.3) is 0 Å². The summed E-state index contributed by atoms with van der Waals surface area (Å²) in [6.45, 7) is 12.6. The molecule has 0 atom stereocenters. The number of carbonyl (C=O) groups excluding carboxylic acids is 2. The van der Waals surface area contributed by atoms with E-state index in [0.29, 0.717) is 51.9 Å². The third kappa shape index (κ3) is 23.0. The first-order chi connectivity index (χ1) is 13.9. The second-order valence-electron chi connectivity index (χ2n) is 8.13. The third-order valence-electron chi connectivity index (χ3n) is 4.33. The van der Waals surface area contributed by atoms with Crippen LogP contribution in [0.25, 0.3) is 0 Å². The van der Waals surface area contributed by atoms with Crippen LogP contribution in [0.2, 0.25) is 0 Å². The van der Waals surface area contributed by atoms with Gasteiger partial charge in [0.2, 0.25) is 11.8 Å². The third-order valence-corrected chi connectivity index (χ3v) is 4.33. The average molecular weight is 416 g/mol. The average Bonchev–Trinajstić information content (AvgIpc) is 2.66. The maximum absolute atomic E-state index is 11.7. The molecule has 0 fully saturated rings. The highest BCUT2D eigenvalue weighted by atomic mass is 16.5. The van der Waals surface area contributed by atoms with Gasteiger partial charge in [0, 0.05) is 32.0 Å². The van der Waals surface area contributed by atoms with Crippen LogP contribution in [-0.4, -0.2) is 63.9 Å². The van der Waals surface area contributed by atoms with E-state index in [9.17, 15) is 9.59 Å². The Bertz CT molecular complexity index is 404. The lowest BCUT2D eigenvalue weighted by Crippen LogP contribution is -2.29. The summed E-state index contributed by atoms with van der Waals surface area (Å²) in [5, 5.41) is 9.05. The quantitative estimate of drug-likeness (QED) is 0.266. The second-order valence-corrected chi connectivity index (χ2v) is 8.13. The zero-order chi connectivity index (χ0) is 21.7. The van der Waals surface area contributed by atoms with Gasteiger partial charge in [-0.25, -0.2) is 0 Å². The van der Waals surface area contributed by atoms with Crippen LogP contribution >= 0.6 is 0 Å². The normalized spacial score (nSPS) is 11.2. The Balaban J connectivity index is 3.28. The molecule has 0 saturated carbocycles. The SMILES string of the molecule is CC(C)CCCCCNC(=O)CCOCCOCCNC(=O)CCCNC(C)C. The number of hydrogen-bond acceptors (Lipinski definition) is 5. The van der Waals surface area contributed by atoms with Crippen LogP contribution in [0, 0.1) is 5.92 Å². The van der Waals surface area contributed by atoms with Gasteiger partial charge in [0.15, 0.2) is 0 Å². The molecule has 0 saturated heterocycles. The first kappa shape index (κ1) is 27.8. The van der Waals surface area contributed by atoms with Gasteiger partial charge in [-0.15, -0.1) is 0 Å². The van der Waals surface area contributed by atoms with Crippen LogP contribution in [0.3, 0.4) is 0 Å². The molecule has 0 heterocycles. The van der Waals surface area contributed by atoms with Crippen molar-refractivity contribution in [1.82, 2.24) is 16.0 Å². The van der Waals surface area contributed by atoms with Crippen molar-refractivity contribution in [1.29, 1.82) is 0 Å². The van der Waals surface area contributed by atoms with Crippen molar-refractivity contribution in [3.8, 4) is 0 Å². The largest absolute Gasteiger partial charge is 0.379 e. The molecule has 2 amide bonds. The van der Waals surface area contributed by atoms with Crippen LogP contribution in [0.1, 0.15) is 72.6 Å². The Morgan fingerprint density at radius 2 is 1.34 bits per heavy atom. The highest BCUT2D eigenvalue weighted by Gasteiger charge is 2.02. The minimum Gasteiger partial charge on any atom is -0.379 e. The molecule has 0 rings (SSSR count). The van der Waals surface area contributed by atoms with E-state index in [1.165, 1.54) is 19.3 Å².